The van der Waals surface area contributed by atoms with Gasteiger partial charge in [0.2, 0.25) is 5.88 Å². The van der Waals surface area contributed by atoms with E-state index in [-0.39, 0.29) is 18.2 Å². The lowest BCUT2D eigenvalue weighted by Gasteiger charge is -2.04. The molecule has 2 heterocycles. The first-order valence-corrected chi connectivity index (χ1v) is 7.87. The van der Waals surface area contributed by atoms with E-state index in [1.807, 2.05) is 12.1 Å². The Morgan fingerprint density at radius 2 is 1.96 bits per heavy atom. The fourth-order valence-corrected chi connectivity index (χ4v) is 2.33. The molecule has 7 nitrogen and oxygen atoms in total. The Hall–Kier alpha value is -2.90. The van der Waals surface area contributed by atoms with Crippen LogP contribution in [0.1, 0.15) is 16.1 Å². The molecule has 0 unspecified atom stereocenters. The molecule has 0 atom stereocenters. The van der Waals surface area contributed by atoms with Crippen LogP contribution in [0.3, 0.4) is 0 Å². The summed E-state index contributed by atoms with van der Waals surface area (Å²) < 4.78 is 1.15. The van der Waals surface area contributed by atoms with Crippen molar-refractivity contribution < 1.29 is 15.0 Å². The second-order valence-electron chi connectivity index (χ2n) is 5.26. The summed E-state index contributed by atoms with van der Waals surface area (Å²) in [6.07, 6.45) is 1.98. The Bertz CT molecular complexity index is 876. The van der Waals surface area contributed by atoms with Crippen molar-refractivity contribution in [2.75, 3.05) is 11.9 Å². The normalized spacial score (nSPS) is 10.6. The molecule has 0 radical (unpaired) electrons. The number of hydrogen-bond acceptors (Lipinski definition) is 5. The number of carbonyl (C=O) groups excluding carboxylic acids is 1. The third kappa shape index (κ3) is 3.96. The minimum atomic E-state index is -0.460. The van der Waals surface area contributed by atoms with E-state index in [4.69, 9.17) is 16.7 Å². The number of halogens is 1. The Morgan fingerprint density at radius 1 is 1.20 bits per heavy atom. The minimum absolute atomic E-state index is 0.0497. The molecular formula is C17H15ClN4O3. The SMILES string of the molecule is O=C(Nc1ccc(CCO)cc1)c1cc(O)n(-c2ccc(Cl)cn2)n1. The van der Waals surface area contributed by atoms with Crippen LogP contribution >= 0.6 is 11.6 Å². The van der Waals surface area contributed by atoms with Gasteiger partial charge < -0.3 is 15.5 Å². The molecule has 0 aliphatic carbocycles. The van der Waals surface area contributed by atoms with Crippen LogP contribution in [0, 0.1) is 0 Å². The maximum Gasteiger partial charge on any atom is 0.276 e. The maximum atomic E-state index is 12.3. The van der Waals surface area contributed by atoms with Gasteiger partial charge in [-0.25, -0.2) is 4.98 Å². The van der Waals surface area contributed by atoms with E-state index in [0.29, 0.717) is 22.9 Å². The topological polar surface area (TPSA) is 100 Å². The quantitative estimate of drug-likeness (QED) is 0.650. The molecule has 25 heavy (non-hydrogen) atoms. The van der Waals surface area contributed by atoms with E-state index in [9.17, 15) is 9.90 Å². The van der Waals surface area contributed by atoms with Crippen molar-refractivity contribution in [2.45, 2.75) is 6.42 Å². The molecule has 3 N–H and O–H groups in total. The summed E-state index contributed by atoms with van der Waals surface area (Å²) in [5, 5.41) is 26.1. The predicted octanol–water partition coefficient (Wildman–Crippen LogP) is 2.41. The molecule has 0 spiro atoms. The number of rotatable bonds is 5. The predicted molar refractivity (Wildman–Crippen MR) is 93.2 cm³/mol. The van der Waals surface area contributed by atoms with Crippen LogP contribution in [0.25, 0.3) is 5.82 Å². The number of aromatic nitrogens is 3. The first-order chi connectivity index (χ1) is 12.1. The fraction of sp³-hybridized carbons (Fsp3) is 0.118. The molecule has 3 aromatic rings. The maximum absolute atomic E-state index is 12.3. The standard InChI is InChI=1S/C17H15ClN4O3/c18-12-3-6-15(19-10-12)22-16(24)9-14(21-22)17(25)20-13-4-1-11(2-5-13)7-8-23/h1-6,9-10,23-24H,7-8H2,(H,20,25). The molecule has 0 bridgehead atoms. The second kappa shape index (κ2) is 7.33. The van der Waals surface area contributed by atoms with E-state index in [1.54, 1.807) is 24.3 Å². The molecule has 1 amide bonds. The van der Waals surface area contributed by atoms with Crippen molar-refractivity contribution in [3.8, 4) is 11.7 Å². The number of benzene rings is 1. The number of amides is 1. The molecule has 8 heteroatoms. The summed E-state index contributed by atoms with van der Waals surface area (Å²) in [7, 11) is 0. The summed E-state index contributed by atoms with van der Waals surface area (Å²) in [4.78, 5) is 16.3. The summed E-state index contributed by atoms with van der Waals surface area (Å²) >= 11 is 5.78. The number of aliphatic hydroxyl groups excluding tert-OH is 1. The lowest BCUT2D eigenvalue weighted by Crippen LogP contribution is -2.13. The number of carbonyl (C=O) groups is 1. The zero-order valence-corrected chi connectivity index (χ0v) is 13.8. The zero-order chi connectivity index (χ0) is 17.8. The van der Waals surface area contributed by atoms with Gasteiger partial charge >= 0.3 is 0 Å². The van der Waals surface area contributed by atoms with Gasteiger partial charge in [0.25, 0.3) is 5.91 Å². The molecule has 0 aliphatic heterocycles. The number of pyridine rings is 1. The summed E-state index contributed by atoms with van der Waals surface area (Å²) in [6, 6.07) is 11.6. The van der Waals surface area contributed by atoms with Crippen LogP contribution in [-0.2, 0) is 6.42 Å². The molecule has 1 aromatic carbocycles. The van der Waals surface area contributed by atoms with Crippen LogP contribution in [0.5, 0.6) is 5.88 Å². The van der Waals surface area contributed by atoms with E-state index >= 15 is 0 Å². The number of anilines is 1. The van der Waals surface area contributed by atoms with Gasteiger partial charge in [0.1, 0.15) is 0 Å². The molecule has 2 aromatic heterocycles. The molecule has 0 aliphatic rings. The van der Waals surface area contributed by atoms with Crippen LogP contribution in [-0.4, -0.2) is 37.5 Å². The van der Waals surface area contributed by atoms with Crippen molar-refractivity contribution in [3.63, 3.8) is 0 Å². The molecule has 0 saturated carbocycles. The highest BCUT2D eigenvalue weighted by Crippen LogP contribution is 2.19. The van der Waals surface area contributed by atoms with E-state index < -0.39 is 5.91 Å². The van der Waals surface area contributed by atoms with Gasteiger partial charge in [-0.2, -0.15) is 9.78 Å². The monoisotopic (exact) mass is 358 g/mol. The second-order valence-corrected chi connectivity index (χ2v) is 5.70. The Labute approximate surface area is 148 Å². The van der Waals surface area contributed by atoms with Crippen molar-refractivity contribution in [1.82, 2.24) is 14.8 Å². The van der Waals surface area contributed by atoms with Gasteiger partial charge in [0, 0.05) is 24.6 Å². The smallest absolute Gasteiger partial charge is 0.276 e. The van der Waals surface area contributed by atoms with Crippen LogP contribution in [0.15, 0.2) is 48.7 Å². The van der Waals surface area contributed by atoms with Gasteiger partial charge in [0.05, 0.1) is 5.02 Å². The van der Waals surface area contributed by atoms with E-state index in [0.717, 1.165) is 10.2 Å². The zero-order valence-electron chi connectivity index (χ0n) is 13.1. The highest BCUT2D eigenvalue weighted by molar-refractivity contribution is 6.30. The van der Waals surface area contributed by atoms with Gasteiger partial charge in [-0.1, -0.05) is 23.7 Å². The van der Waals surface area contributed by atoms with Crippen LogP contribution in [0.2, 0.25) is 5.02 Å². The summed E-state index contributed by atoms with van der Waals surface area (Å²) in [5.74, 6) is -0.328. The van der Waals surface area contributed by atoms with Crippen molar-refractivity contribution in [3.05, 3.63) is 64.9 Å². The van der Waals surface area contributed by atoms with Gasteiger partial charge in [-0.3, -0.25) is 4.79 Å². The highest BCUT2D eigenvalue weighted by atomic mass is 35.5. The minimum Gasteiger partial charge on any atom is -0.493 e. The molecule has 3 rings (SSSR count). The molecular weight excluding hydrogens is 344 g/mol. The summed E-state index contributed by atoms with van der Waals surface area (Å²) in [6.45, 7) is 0.0706. The Kier molecular flexibility index (Phi) is 4.97. The fourth-order valence-electron chi connectivity index (χ4n) is 2.22. The lowest BCUT2D eigenvalue weighted by atomic mass is 10.1. The van der Waals surface area contributed by atoms with Crippen molar-refractivity contribution in [2.24, 2.45) is 0 Å². The number of nitrogens with zero attached hydrogens (tertiary/aromatic N) is 3. The van der Waals surface area contributed by atoms with E-state index in [2.05, 4.69) is 15.4 Å². The Morgan fingerprint density at radius 3 is 2.60 bits per heavy atom. The number of nitrogens with one attached hydrogen (secondary N) is 1. The number of aliphatic hydroxyl groups is 1. The first-order valence-electron chi connectivity index (χ1n) is 7.49. The average Bonchev–Trinajstić information content (AvgIpc) is 3.00. The lowest BCUT2D eigenvalue weighted by molar-refractivity contribution is 0.102. The Balaban J connectivity index is 1.76. The van der Waals surface area contributed by atoms with Crippen LogP contribution < -0.4 is 5.32 Å². The highest BCUT2D eigenvalue weighted by Gasteiger charge is 2.16. The molecule has 0 fully saturated rings. The van der Waals surface area contributed by atoms with Crippen LogP contribution in [0.4, 0.5) is 5.69 Å². The number of aromatic hydroxyl groups is 1. The number of hydrogen-bond donors (Lipinski definition) is 3. The summed E-state index contributed by atoms with van der Waals surface area (Å²) in [5.41, 5.74) is 1.61. The van der Waals surface area contributed by atoms with Gasteiger partial charge in [-0.05, 0) is 36.2 Å². The molecule has 0 saturated heterocycles. The van der Waals surface area contributed by atoms with Gasteiger partial charge in [0.15, 0.2) is 11.5 Å². The van der Waals surface area contributed by atoms with Crippen molar-refractivity contribution in [1.29, 1.82) is 0 Å². The average molecular weight is 359 g/mol. The molecule has 128 valence electrons. The largest absolute Gasteiger partial charge is 0.493 e. The first kappa shape index (κ1) is 16.9. The third-order valence-corrected chi connectivity index (χ3v) is 3.69. The van der Waals surface area contributed by atoms with Crippen molar-refractivity contribution >= 4 is 23.2 Å². The third-order valence-electron chi connectivity index (χ3n) is 3.46. The van der Waals surface area contributed by atoms with E-state index in [1.165, 1.54) is 12.3 Å². The van der Waals surface area contributed by atoms with Gasteiger partial charge in [-0.15, -0.1) is 0 Å².